The minimum absolute atomic E-state index is 0.163. The smallest absolute Gasteiger partial charge is 0.165 e. The molecule has 2 rings (SSSR count). The summed E-state index contributed by atoms with van der Waals surface area (Å²) in [5.74, 6) is -0.0232. The summed E-state index contributed by atoms with van der Waals surface area (Å²) in [4.78, 5) is 2.23. The van der Waals surface area contributed by atoms with Gasteiger partial charge in [0.2, 0.25) is 0 Å². The van der Waals surface area contributed by atoms with E-state index in [9.17, 15) is 4.39 Å². The van der Waals surface area contributed by atoms with Crippen LogP contribution in [0.2, 0.25) is 0 Å². The van der Waals surface area contributed by atoms with Crippen LogP contribution in [-0.4, -0.2) is 42.4 Å². The van der Waals surface area contributed by atoms with E-state index in [0.29, 0.717) is 24.9 Å². The van der Waals surface area contributed by atoms with E-state index in [2.05, 4.69) is 4.90 Å². The first-order valence-electron chi connectivity index (χ1n) is 6.53. The highest BCUT2D eigenvalue weighted by Gasteiger charge is 2.24. The maximum atomic E-state index is 13.3. The molecule has 0 spiro atoms. The van der Waals surface area contributed by atoms with Gasteiger partial charge in [0.05, 0.1) is 6.61 Å². The van der Waals surface area contributed by atoms with Crippen LogP contribution in [0.15, 0.2) is 24.3 Å². The molecule has 3 nitrogen and oxygen atoms in total. The molecule has 0 radical (unpaired) electrons. The average Bonchev–Trinajstić information content (AvgIpc) is 2.29. The lowest BCUT2D eigenvalue weighted by Gasteiger charge is -2.37. The lowest BCUT2D eigenvalue weighted by Crippen LogP contribution is -2.43. The Bertz CT molecular complexity index is 369. The second kappa shape index (κ2) is 6.71. The molecule has 1 aliphatic rings. The highest BCUT2D eigenvalue weighted by molar-refractivity contribution is 5.23. The Morgan fingerprint density at radius 3 is 2.67 bits per heavy atom. The van der Waals surface area contributed by atoms with Gasteiger partial charge in [-0.3, -0.25) is 4.90 Å². The zero-order valence-electron chi connectivity index (χ0n) is 10.5. The Balaban J connectivity index is 1.77. The summed E-state index contributed by atoms with van der Waals surface area (Å²) in [6.07, 6.45) is 3.65. The predicted molar refractivity (Wildman–Crippen MR) is 68.2 cm³/mol. The topological polar surface area (TPSA) is 32.7 Å². The number of hydrogen-bond acceptors (Lipinski definition) is 3. The number of hydrogen-bond donors (Lipinski definition) is 1. The maximum Gasteiger partial charge on any atom is 0.165 e. The van der Waals surface area contributed by atoms with Gasteiger partial charge in [0.25, 0.3) is 0 Å². The molecule has 0 aromatic heterocycles. The van der Waals surface area contributed by atoms with Gasteiger partial charge in [0.1, 0.15) is 6.61 Å². The summed E-state index contributed by atoms with van der Waals surface area (Å²) in [7, 11) is 0. The number of ether oxygens (including phenoxy) is 1. The average molecular weight is 253 g/mol. The standard InChI is InChI=1S/C14H20FNO2/c15-13-6-1-2-7-14(13)18-11-9-16(8-10-17)12-4-3-5-12/h1-2,6-7,12,17H,3-5,8-11H2. The lowest BCUT2D eigenvalue weighted by molar-refractivity contribution is 0.0853. The molecule has 1 aromatic rings. The first-order valence-corrected chi connectivity index (χ1v) is 6.53. The van der Waals surface area contributed by atoms with Gasteiger partial charge in [0.15, 0.2) is 11.6 Å². The van der Waals surface area contributed by atoms with Crippen molar-refractivity contribution in [2.75, 3.05) is 26.3 Å². The van der Waals surface area contributed by atoms with Crippen LogP contribution < -0.4 is 4.74 Å². The highest BCUT2D eigenvalue weighted by atomic mass is 19.1. The molecule has 1 fully saturated rings. The molecule has 0 aliphatic heterocycles. The van der Waals surface area contributed by atoms with E-state index in [4.69, 9.17) is 9.84 Å². The van der Waals surface area contributed by atoms with Crippen LogP contribution in [0.3, 0.4) is 0 Å². The van der Waals surface area contributed by atoms with Crippen LogP contribution in [0.25, 0.3) is 0 Å². The van der Waals surface area contributed by atoms with Gasteiger partial charge in [-0.05, 0) is 25.0 Å². The van der Waals surface area contributed by atoms with Crippen molar-refractivity contribution in [1.29, 1.82) is 0 Å². The zero-order chi connectivity index (χ0) is 12.8. The Morgan fingerprint density at radius 2 is 2.06 bits per heavy atom. The van der Waals surface area contributed by atoms with E-state index in [1.807, 2.05) is 0 Å². The van der Waals surface area contributed by atoms with Crippen molar-refractivity contribution >= 4 is 0 Å². The van der Waals surface area contributed by atoms with E-state index in [0.717, 1.165) is 6.54 Å². The molecule has 1 saturated carbocycles. The fraction of sp³-hybridized carbons (Fsp3) is 0.571. The monoisotopic (exact) mass is 253 g/mol. The summed E-state index contributed by atoms with van der Waals surface area (Å²) in [5.41, 5.74) is 0. The third kappa shape index (κ3) is 3.43. The van der Waals surface area contributed by atoms with Gasteiger partial charge in [0, 0.05) is 19.1 Å². The van der Waals surface area contributed by atoms with Crippen LogP contribution in [-0.2, 0) is 0 Å². The fourth-order valence-corrected chi connectivity index (χ4v) is 2.19. The Labute approximate surface area is 107 Å². The molecular formula is C14H20FNO2. The molecule has 0 bridgehead atoms. The third-order valence-electron chi connectivity index (χ3n) is 3.45. The van der Waals surface area contributed by atoms with Crippen molar-refractivity contribution in [2.24, 2.45) is 0 Å². The van der Waals surface area contributed by atoms with Crippen LogP contribution in [0.5, 0.6) is 5.75 Å². The molecule has 0 unspecified atom stereocenters. The van der Waals surface area contributed by atoms with Crippen molar-refractivity contribution in [1.82, 2.24) is 4.90 Å². The van der Waals surface area contributed by atoms with E-state index >= 15 is 0 Å². The number of aliphatic hydroxyl groups is 1. The minimum atomic E-state index is -0.324. The third-order valence-corrected chi connectivity index (χ3v) is 3.45. The number of halogens is 1. The summed E-state index contributed by atoms with van der Waals surface area (Å²) < 4.78 is 18.8. The predicted octanol–water partition coefficient (Wildman–Crippen LogP) is 2.05. The van der Waals surface area contributed by atoms with Crippen LogP contribution in [0, 0.1) is 5.82 Å². The molecule has 0 heterocycles. The van der Waals surface area contributed by atoms with E-state index in [-0.39, 0.29) is 12.4 Å². The molecule has 1 aliphatic carbocycles. The Morgan fingerprint density at radius 1 is 1.28 bits per heavy atom. The maximum absolute atomic E-state index is 13.3. The quantitative estimate of drug-likeness (QED) is 0.807. The van der Waals surface area contributed by atoms with Crippen LogP contribution >= 0.6 is 0 Å². The van der Waals surface area contributed by atoms with Crippen molar-refractivity contribution < 1.29 is 14.2 Å². The molecule has 0 saturated heterocycles. The summed E-state index contributed by atoms with van der Waals surface area (Å²) >= 11 is 0. The highest BCUT2D eigenvalue weighted by Crippen LogP contribution is 2.24. The SMILES string of the molecule is OCCN(CCOc1ccccc1F)C1CCC1. The van der Waals surface area contributed by atoms with Crippen molar-refractivity contribution in [3.8, 4) is 5.75 Å². The molecule has 1 aromatic carbocycles. The van der Waals surface area contributed by atoms with Gasteiger partial charge in [-0.15, -0.1) is 0 Å². The second-order valence-corrected chi connectivity index (χ2v) is 4.62. The Kier molecular flexibility index (Phi) is 4.96. The van der Waals surface area contributed by atoms with Gasteiger partial charge >= 0.3 is 0 Å². The molecule has 0 atom stereocenters. The Hall–Kier alpha value is -1.13. The van der Waals surface area contributed by atoms with Crippen molar-refractivity contribution in [3.63, 3.8) is 0 Å². The number of nitrogens with zero attached hydrogens (tertiary/aromatic N) is 1. The molecule has 18 heavy (non-hydrogen) atoms. The minimum Gasteiger partial charge on any atom is -0.489 e. The molecule has 1 N–H and O–H groups in total. The van der Waals surface area contributed by atoms with Crippen molar-refractivity contribution in [3.05, 3.63) is 30.1 Å². The zero-order valence-corrected chi connectivity index (χ0v) is 10.5. The largest absolute Gasteiger partial charge is 0.489 e. The van der Waals surface area contributed by atoms with Gasteiger partial charge < -0.3 is 9.84 Å². The lowest BCUT2D eigenvalue weighted by atomic mass is 9.91. The van der Waals surface area contributed by atoms with Gasteiger partial charge in [-0.2, -0.15) is 0 Å². The summed E-state index contributed by atoms with van der Waals surface area (Å²) in [6, 6.07) is 7.01. The number of rotatable bonds is 7. The summed E-state index contributed by atoms with van der Waals surface area (Å²) in [5, 5.41) is 9.02. The fourth-order valence-electron chi connectivity index (χ4n) is 2.19. The van der Waals surface area contributed by atoms with E-state index < -0.39 is 0 Å². The number of benzene rings is 1. The number of para-hydroxylation sites is 1. The molecule has 0 amide bonds. The first kappa shape index (κ1) is 13.3. The normalized spacial score (nSPS) is 15.7. The molecular weight excluding hydrogens is 233 g/mol. The summed E-state index contributed by atoms with van der Waals surface area (Å²) in [6.45, 7) is 2.03. The van der Waals surface area contributed by atoms with Gasteiger partial charge in [-0.25, -0.2) is 4.39 Å². The first-order chi connectivity index (χ1) is 8.81. The van der Waals surface area contributed by atoms with E-state index in [1.54, 1.807) is 18.2 Å². The molecule has 4 heteroatoms. The second-order valence-electron chi connectivity index (χ2n) is 4.62. The van der Waals surface area contributed by atoms with Gasteiger partial charge in [-0.1, -0.05) is 18.6 Å². The van der Waals surface area contributed by atoms with Crippen molar-refractivity contribution in [2.45, 2.75) is 25.3 Å². The molecule has 100 valence electrons. The van der Waals surface area contributed by atoms with E-state index in [1.165, 1.54) is 25.3 Å². The van der Waals surface area contributed by atoms with Crippen LogP contribution in [0.4, 0.5) is 4.39 Å². The number of aliphatic hydroxyl groups excluding tert-OH is 1. The van der Waals surface area contributed by atoms with Crippen LogP contribution in [0.1, 0.15) is 19.3 Å².